The molecule has 0 aliphatic carbocycles. The fraction of sp³-hybridized carbons (Fsp3) is 0.370. The van der Waals surface area contributed by atoms with Crippen molar-refractivity contribution in [1.29, 1.82) is 0 Å². The minimum atomic E-state index is -0.593. The number of carbonyl (C=O) groups excluding carboxylic acids is 2. The number of nitrogens with zero attached hydrogens (tertiary/aromatic N) is 2. The molecule has 0 radical (unpaired) electrons. The van der Waals surface area contributed by atoms with Gasteiger partial charge in [0.1, 0.15) is 11.4 Å². The van der Waals surface area contributed by atoms with E-state index in [0.717, 1.165) is 29.7 Å². The molecule has 1 fully saturated rings. The fourth-order valence-corrected chi connectivity index (χ4v) is 4.47. The van der Waals surface area contributed by atoms with Crippen molar-refractivity contribution in [2.24, 2.45) is 0 Å². The van der Waals surface area contributed by atoms with Crippen LogP contribution in [0, 0.1) is 0 Å². The zero-order valence-electron chi connectivity index (χ0n) is 20.1. The van der Waals surface area contributed by atoms with Gasteiger partial charge in [-0.3, -0.25) is 4.90 Å². The Morgan fingerprint density at radius 2 is 1.85 bits per heavy atom. The Morgan fingerprint density at radius 3 is 2.56 bits per heavy atom. The van der Waals surface area contributed by atoms with E-state index in [0.29, 0.717) is 17.9 Å². The number of methoxy groups -OCH3 is 1. The molecule has 2 heterocycles. The summed E-state index contributed by atoms with van der Waals surface area (Å²) < 4.78 is 10.6. The lowest BCUT2D eigenvalue weighted by Crippen LogP contribution is -2.45. The number of likely N-dealkylation sites (tertiary alicyclic amines) is 1. The van der Waals surface area contributed by atoms with Gasteiger partial charge in [0.15, 0.2) is 0 Å². The Labute approximate surface area is 200 Å². The van der Waals surface area contributed by atoms with E-state index in [1.165, 1.54) is 7.11 Å². The van der Waals surface area contributed by atoms with E-state index >= 15 is 0 Å². The van der Waals surface area contributed by atoms with E-state index in [1.54, 1.807) is 23.2 Å². The first kappa shape index (κ1) is 23.5. The number of hydrogen-bond donors (Lipinski definition) is 1. The maximum atomic E-state index is 13.2. The van der Waals surface area contributed by atoms with E-state index in [2.05, 4.69) is 17.1 Å². The number of aromatic amines is 1. The summed E-state index contributed by atoms with van der Waals surface area (Å²) in [7, 11) is 1.36. The summed E-state index contributed by atoms with van der Waals surface area (Å²) in [5, 5.41) is 0. The van der Waals surface area contributed by atoms with E-state index < -0.39 is 11.6 Å². The number of piperidine rings is 1. The molecule has 2 aromatic carbocycles. The van der Waals surface area contributed by atoms with Crippen molar-refractivity contribution < 1.29 is 19.1 Å². The van der Waals surface area contributed by atoms with E-state index in [4.69, 9.17) is 14.5 Å². The number of benzene rings is 2. The van der Waals surface area contributed by atoms with Gasteiger partial charge >= 0.3 is 12.1 Å². The van der Waals surface area contributed by atoms with Crippen LogP contribution in [-0.4, -0.2) is 46.2 Å². The van der Waals surface area contributed by atoms with Crippen molar-refractivity contribution in [2.75, 3.05) is 13.7 Å². The Kier molecular flexibility index (Phi) is 6.72. The van der Waals surface area contributed by atoms with Crippen LogP contribution in [0.15, 0.2) is 60.8 Å². The minimum absolute atomic E-state index is 0.0721. The molecule has 0 unspecified atom stereocenters. The van der Waals surface area contributed by atoms with Gasteiger partial charge in [-0.2, -0.15) is 0 Å². The smallest absolute Gasteiger partial charge is 0.410 e. The van der Waals surface area contributed by atoms with Gasteiger partial charge in [-0.25, -0.2) is 14.6 Å². The molecule has 1 N–H and O–H groups in total. The first-order chi connectivity index (χ1) is 16.3. The Hall–Kier alpha value is -3.61. The highest BCUT2D eigenvalue weighted by molar-refractivity contribution is 5.90. The third kappa shape index (κ3) is 5.14. The molecule has 1 aliphatic rings. The SMILES string of the molecule is COC(=O)c1cccc(-c2cnc([C@@H]3[C@H](c4ccccc4)CCCN3C(=O)OC(C)(C)C)[nH]2)c1. The van der Waals surface area contributed by atoms with Crippen molar-refractivity contribution >= 4 is 12.1 Å². The van der Waals surface area contributed by atoms with Gasteiger partial charge in [0.2, 0.25) is 0 Å². The molecule has 4 rings (SSSR count). The molecule has 1 amide bonds. The van der Waals surface area contributed by atoms with Gasteiger partial charge in [0.25, 0.3) is 0 Å². The van der Waals surface area contributed by atoms with Crippen LogP contribution in [0.5, 0.6) is 0 Å². The molecular formula is C27H31N3O4. The molecule has 2 atom stereocenters. The number of amides is 1. The van der Waals surface area contributed by atoms with E-state index in [9.17, 15) is 9.59 Å². The molecule has 1 aliphatic heterocycles. The highest BCUT2D eigenvalue weighted by Crippen LogP contribution is 2.42. The molecule has 7 nitrogen and oxygen atoms in total. The quantitative estimate of drug-likeness (QED) is 0.503. The number of H-pyrrole nitrogens is 1. The molecule has 34 heavy (non-hydrogen) atoms. The summed E-state index contributed by atoms with van der Waals surface area (Å²) >= 11 is 0. The summed E-state index contributed by atoms with van der Waals surface area (Å²) in [6.45, 7) is 6.21. The minimum Gasteiger partial charge on any atom is -0.465 e. The Bertz CT molecular complexity index is 1150. The number of imidazole rings is 1. The average molecular weight is 462 g/mol. The molecule has 0 saturated carbocycles. The van der Waals surface area contributed by atoms with Gasteiger partial charge in [0, 0.05) is 18.0 Å². The molecule has 0 bridgehead atoms. The highest BCUT2D eigenvalue weighted by Gasteiger charge is 2.40. The van der Waals surface area contributed by atoms with Crippen LogP contribution in [0.25, 0.3) is 11.3 Å². The largest absolute Gasteiger partial charge is 0.465 e. The maximum absolute atomic E-state index is 13.2. The predicted molar refractivity (Wildman–Crippen MR) is 129 cm³/mol. The predicted octanol–water partition coefficient (Wildman–Crippen LogP) is 5.72. The third-order valence-corrected chi connectivity index (χ3v) is 5.96. The lowest BCUT2D eigenvalue weighted by atomic mass is 9.83. The van der Waals surface area contributed by atoms with Crippen molar-refractivity contribution in [3.8, 4) is 11.3 Å². The van der Waals surface area contributed by atoms with Crippen LogP contribution in [0.1, 0.15) is 67.3 Å². The van der Waals surface area contributed by atoms with Crippen LogP contribution in [0.2, 0.25) is 0 Å². The van der Waals surface area contributed by atoms with Crippen LogP contribution in [-0.2, 0) is 9.47 Å². The number of esters is 1. The molecule has 178 valence electrons. The van der Waals surface area contributed by atoms with E-state index in [-0.39, 0.29) is 18.1 Å². The number of aromatic nitrogens is 2. The highest BCUT2D eigenvalue weighted by atomic mass is 16.6. The third-order valence-electron chi connectivity index (χ3n) is 5.96. The molecule has 7 heteroatoms. The first-order valence-electron chi connectivity index (χ1n) is 11.5. The molecule has 0 spiro atoms. The van der Waals surface area contributed by atoms with Gasteiger partial charge < -0.3 is 14.5 Å². The summed E-state index contributed by atoms with van der Waals surface area (Å²) in [4.78, 5) is 35.1. The van der Waals surface area contributed by atoms with Crippen LogP contribution >= 0.6 is 0 Å². The zero-order chi connectivity index (χ0) is 24.3. The molecule has 1 saturated heterocycles. The lowest BCUT2D eigenvalue weighted by molar-refractivity contribution is 0.00486. The van der Waals surface area contributed by atoms with Gasteiger partial charge in [-0.05, 0) is 51.3 Å². The van der Waals surface area contributed by atoms with Crippen molar-refractivity contribution in [3.63, 3.8) is 0 Å². The summed E-state index contributed by atoms with van der Waals surface area (Å²) in [5.41, 5.74) is 2.61. The maximum Gasteiger partial charge on any atom is 0.410 e. The Morgan fingerprint density at radius 1 is 1.09 bits per heavy atom. The second-order valence-corrected chi connectivity index (χ2v) is 9.53. The van der Waals surface area contributed by atoms with Gasteiger partial charge in [-0.15, -0.1) is 0 Å². The lowest BCUT2D eigenvalue weighted by Gasteiger charge is -2.41. The number of ether oxygens (including phenoxy) is 2. The van der Waals surface area contributed by atoms with Gasteiger partial charge in [0.05, 0.1) is 30.6 Å². The number of hydrogen-bond acceptors (Lipinski definition) is 5. The molecule has 3 aromatic rings. The number of rotatable bonds is 4. The summed E-state index contributed by atoms with van der Waals surface area (Å²) in [5.74, 6) is 0.370. The number of carbonyl (C=O) groups is 2. The van der Waals surface area contributed by atoms with Crippen molar-refractivity contribution in [2.45, 2.75) is 51.2 Å². The second-order valence-electron chi connectivity index (χ2n) is 9.53. The summed E-state index contributed by atoms with van der Waals surface area (Å²) in [6.07, 6.45) is 3.21. The number of nitrogens with one attached hydrogen (secondary N) is 1. The van der Waals surface area contributed by atoms with Crippen LogP contribution in [0.3, 0.4) is 0 Å². The second kappa shape index (κ2) is 9.71. The van der Waals surface area contributed by atoms with Crippen molar-refractivity contribution in [1.82, 2.24) is 14.9 Å². The van der Waals surface area contributed by atoms with Crippen LogP contribution < -0.4 is 0 Å². The zero-order valence-corrected chi connectivity index (χ0v) is 20.1. The average Bonchev–Trinajstić information content (AvgIpc) is 3.32. The normalized spacial score (nSPS) is 18.4. The molecule has 1 aromatic heterocycles. The summed E-state index contributed by atoms with van der Waals surface area (Å²) in [6, 6.07) is 17.1. The Balaban J connectivity index is 1.72. The fourth-order valence-electron chi connectivity index (χ4n) is 4.47. The molecular weight excluding hydrogens is 430 g/mol. The van der Waals surface area contributed by atoms with Crippen LogP contribution in [0.4, 0.5) is 4.79 Å². The first-order valence-corrected chi connectivity index (χ1v) is 11.5. The topological polar surface area (TPSA) is 84.5 Å². The standard InChI is InChI=1S/C27H31N3O4/c1-27(2,3)34-26(32)30-15-9-14-21(18-10-6-5-7-11-18)23(30)24-28-17-22(29-24)19-12-8-13-20(16-19)25(31)33-4/h5-8,10-13,16-17,21,23H,9,14-15H2,1-4H3,(H,28,29)/t21-,23-/m0/s1. The van der Waals surface area contributed by atoms with Gasteiger partial charge in [-0.1, -0.05) is 42.5 Å². The monoisotopic (exact) mass is 461 g/mol. The van der Waals surface area contributed by atoms with Crippen molar-refractivity contribution in [3.05, 3.63) is 77.7 Å². The van der Waals surface area contributed by atoms with E-state index in [1.807, 2.05) is 51.1 Å².